The number of sulfonamides is 1. The van der Waals surface area contributed by atoms with Gasteiger partial charge in [-0.25, -0.2) is 13.4 Å². The molecular weight excluding hydrogens is 516 g/mol. The molecular formula is C26H25ClN4O3S2. The van der Waals surface area contributed by atoms with Gasteiger partial charge >= 0.3 is 0 Å². The number of rotatable bonds is 6. The predicted molar refractivity (Wildman–Crippen MR) is 143 cm³/mol. The van der Waals surface area contributed by atoms with Gasteiger partial charge in [-0.1, -0.05) is 47.2 Å². The minimum atomic E-state index is -3.69. The highest BCUT2D eigenvalue weighted by atomic mass is 35.5. The summed E-state index contributed by atoms with van der Waals surface area (Å²) in [5.74, 6) is -0.644. The van der Waals surface area contributed by atoms with Crippen LogP contribution >= 0.6 is 22.9 Å². The van der Waals surface area contributed by atoms with E-state index in [4.69, 9.17) is 16.6 Å². The SMILES string of the molecule is Cc1c(Cl)ccc2sc(N(Cc3ccccn3)C(=O)C3CCCN(S(=O)(=O)c4ccccc4)C3)nc12. The average Bonchev–Trinajstić information content (AvgIpc) is 3.35. The lowest BCUT2D eigenvalue weighted by atomic mass is 9.98. The molecule has 7 nitrogen and oxygen atoms in total. The van der Waals surface area contributed by atoms with Crippen molar-refractivity contribution in [3.05, 3.63) is 83.1 Å². The molecule has 186 valence electrons. The van der Waals surface area contributed by atoms with Crippen molar-refractivity contribution in [2.45, 2.75) is 31.2 Å². The molecule has 10 heteroatoms. The summed E-state index contributed by atoms with van der Waals surface area (Å²) in [6, 6.07) is 17.7. The second-order valence-corrected chi connectivity index (χ2v) is 12.1. The zero-order chi connectivity index (χ0) is 25.3. The fraction of sp³-hybridized carbons (Fsp3) is 0.269. The molecule has 1 amide bonds. The highest BCUT2D eigenvalue weighted by molar-refractivity contribution is 7.89. The summed E-state index contributed by atoms with van der Waals surface area (Å²) in [4.78, 5) is 25.0. The number of thiazole rings is 1. The van der Waals surface area contributed by atoms with Crippen LogP contribution in [0.15, 0.2) is 71.8 Å². The van der Waals surface area contributed by atoms with Crippen molar-refractivity contribution < 1.29 is 13.2 Å². The fourth-order valence-corrected chi connectivity index (χ4v) is 7.15. The normalized spacial score (nSPS) is 16.8. The maximum absolute atomic E-state index is 14.0. The summed E-state index contributed by atoms with van der Waals surface area (Å²) in [6.45, 7) is 2.67. The van der Waals surface area contributed by atoms with Gasteiger partial charge in [-0.3, -0.25) is 14.7 Å². The Morgan fingerprint density at radius 3 is 2.67 bits per heavy atom. The van der Waals surface area contributed by atoms with Crippen LogP contribution in [0.1, 0.15) is 24.1 Å². The Labute approximate surface area is 219 Å². The zero-order valence-corrected chi connectivity index (χ0v) is 22.1. The zero-order valence-electron chi connectivity index (χ0n) is 19.7. The molecule has 0 radical (unpaired) electrons. The number of anilines is 1. The molecule has 0 aliphatic carbocycles. The molecule has 0 bridgehead atoms. The fourth-order valence-electron chi connectivity index (χ4n) is 4.42. The molecule has 2 aromatic heterocycles. The van der Waals surface area contributed by atoms with E-state index < -0.39 is 15.9 Å². The standard InChI is InChI=1S/C26H25ClN4O3S2/c1-18-22(27)12-13-23-24(18)29-26(35-23)31(17-20-9-5-6-14-28-20)25(32)19-8-7-15-30(16-19)36(33,34)21-10-3-2-4-11-21/h2-6,9-14,19H,7-8,15-17H2,1H3. The lowest BCUT2D eigenvalue weighted by molar-refractivity contribution is -0.123. The molecule has 1 aliphatic rings. The smallest absolute Gasteiger partial charge is 0.243 e. The number of halogens is 1. The van der Waals surface area contributed by atoms with Crippen LogP contribution in [0.25, 0.3) is 10.2 Å². The molecule has 1 fully saturated rings. The quantitative estimate of drug-likeness (QED) is 0.332. The number of aromatic nitrogens is 2. The van der Waals surface area contributed by atoms with Gasteiger partial charge in [0.1, 0.15) is 0 Å². The molecule has 0 spiro atoms. The van der Waals surface area contributed by atoms with Gasteiger partial charge in [0, 0.05) is 24.3 Å². The molecule has 1 aliphatic heterocycles. The van der Waals surface area contributed by atoms with Crippen LogP contribution in [-0.4, -0.2) is 41.7 Å². The van der Waals surface area contributed by atoms with Gasteiger partial charge in [0.05, 0.1) is 33.3 Å². The van der Waals surface area contributed by atoms with Crippen LogP contribution in [0.3, 0.4) is 0 Å². The Hall–Kier alpha value is -2.85. The van der Waals surface area contributed by atoms with Gasteiger partial charge in [0.25, 0.3) is 0 Å². The van der Waals surface area contributed by atoms with Gasteiger partial charge in [0.15, 0.2) is 5.13 Å². The highest BCUT2D eigenvalue weighted by Gasteiger charge is 2.36. The highest BCUT2D eigenvalue weighted by Crippen LogP contribution is 2.35. The number of hydrogen-bond donors (Lipinski definition) is 0. The summed E-state index contributed by atoms with van der Waals surface area (Å²) in [6.07, 6.45) is 2.90. The van der Waals surface area contributed by atoms with Crippen molar-refractivity contribution in [2.75, 3.05) is 18.0 Å². The lowest BCUT2D eigenvalue weighted by Crippen LogP contribution is -2.46. The minimum Gasteiger partial charge on any atom is -0.282 e. The number of pyridine rings is 1. The molecule has 1 atom stereocenters. The summed E-state index contributed by atoms with van der Waals surface area (Å²) in [7, 11) is -3.69. The molecule has 1 unspecified atom stereocenters. The molecule has 3 heterocycles. The van der Waals surface area contributed by atoms with E-state index in [1.54, 1.807) is 41.4 Å². The van der Waals surface area contributed by atoms with E-state index in [1.807, 2.05) is 37.3 Å². The lowest BCUT2D eigenvalue weighted by Gasteiger charge is -2.33. The molecule has 4 aromatic rings. The van der Waals surface area contributed by atoms with E-state index in [0.29, 0.717) is 29.5 Å². The Bertz CT molecular complexity index is 1490. The average molecular weight is 541 g/mol. The first-order valence-electron chi connectivity index (χ1n) is 11.7. The first-order chi connectivity index (χ1) is 17.3. The van der Waals surface area contributed by atoms with Crippen LogP contribution in [0.4, 0.5) is 5.13 Å². The Kier molecular flexibility index (Phi) is 7.07. The first-order valence-corrected chi connectivity index (χ1v) is 14.3. The number of amides is 1. The van der Waals surface area contributed by atoms with E-state index in [0.717, 1.165) is 21.5 Å². The number of aryl methyl sites for hydroxylation is 1. The summed E-state index contributed by atoms with van der Waals surface area (Å²) < 4.78 is 28.8. The molecule has 1 saturated heterocycles. The Morgan fingerprint density at radius 1 is 1.14 bits per heavy atom. The van der Waals surface area contributed by atoms with Crippen molar-refractivity contribution in [1.82, 2.24) is 14.3 Å². The van der Waals surface area contributed by atoms with E-state index in [2.05, 4.69) is 4.98 Å². The number of fused-ring (bicyclic) bond motifs is 1. The molecule has 2 aromatic carbocycles. The monoisotopic (exact) mass is 540 g/mol. The van der Waals surface area contributed by atoms with Crippen molar-refractivity contribution >= 4 is 54.2 Å². The Balaban J connectivity index is 1.47. The largest absolute Gasteiger partial charge is 0.282 e. The number of carbonyl (C=O) groups is 1. The van der Waals surface area contributed by atoms with Crippen molar-refractivity contribution in [1.29, 1.82) is 0 Å². The maximum atomic E-state index is 14.0. The van der Waals surface area contributed by atoms with E-state index in [-0.39, 0.29) is 23.9 Å². The Morgan fingerprint density at radius 2 is 1.92 bits per heavy atom. The van der Waals surface area contributed by atoms with Crippen LogP contribution in [0, 0.1) is 12.8 Å². The van der Waals surface area contributed by atoms with Crippen LogP contribution in [-0.2, 0) is 21.4 Å². The van der Waals surface area contributed by atoms with Crippen LogP contribution in [0.5, 0.6) is 0 Å². The van der Waals surface area contributed by atoms with Crippen molar-refractivity contribution in [3.8, 4) is 0 Å². The topological polar surface area (TPSA) is 83.5 Å². The summed E-state index contributed by atoms with van der Waals surface area (Å²) >= 11 is 7.73. The number of benzene rings is 2. The van der Waals surface area contributed by atoms with Crippen molar-refractivity contribution in [3.63, 3.8) is 0 Å². The third-order valence-electron chi connectivity index (χ3n) is 6.39. The third-order valence-corrected chi connectivity index (χ3v) is 9.73. The molecule has 0 saturated carbocycles. The first kappa shape index (κ1) is 24.8. The maximum Gasteiger partial charge on any atom is 0.243 e. The minimum absolute atomic E-state index is 0.129. The van der Waals surface area contributed by atoms with Crippen LogP contribution in [0.2, 0.25) is 5.02 Å². The summed E-state index contributed by atoms with van der Waals surface area (Å²) in [5, 5.41) is 1.17. The van der Waals surface area contributed by atoms with Crippen LogP contribution < -0.4 is 4.90 Å². The summed E-state index contributed by atoms with van der Waals surface area (Å²) in [5.41, 5.74) is 2.35. The number of hydrogen-bond acceptors (Lipinski definition) is 6. The van der Waals surface area contributed by atoms with Gasteiger partial charge in [-0.05, 0) is 61.7 Å². The third kappa shape index (κ3) is 4.88. The molecule has 36 heavy (non-hydrogen) atoms. The van der Waals surface area contributed by atoms with E-state index in [9.17, 15) is 13.2 Å². The number of piperidine rings is 1. The second-order valence-electron chi connectivity index (χ2n) is 8.78. The van der Waals surface area contributed by atoms with E-state index >= 15 is 0 Å². The second kappa shape index (κ2) is 10.3. The molecule has 0 N–H and O–H groups in total. The van der Waals surface area contributed by atoms with Crippen molar-refractivity contribution in [2.24, 2.45) is 5.92 Å². The van der Waals surface area contributed by atoms with Gasteiger partial charge < -0.3 is 0 Å². The van der Waals surface area contributed by atoms with Gasteiger partial charge in [0.2, 0.25) is 15.9 Å². The van der Waals surface area contributed by atoms with E-state index in [1.165, 1.54) is 15.6 Å². The number of carbonyl (C=O) groups excluding carboxylic acids is 1. The molecule has 5 rings (SSSR count). The number of nitrogens with zero attached hydrogens (tertiary/aromatic N) is 4. The van der Waals surface area contributed by atoms with Gasteiger partial charge in [-0.15, -0.1) is 0 Å². The predicted octanol–water partition coefficient (Wildman–Crippen LogP) is 5.29. The van der Waals surface area contributed by atoms with Gasteiger partial charge in [-0.2, -0.15) is 4.31 Å².